The zero-order valence-electron chi connectivity index (χ0n) is 7.74. The van der Waals surface area contributed by atoms with E-state index >= 15 is 0 Å². The Labute approximate surface area is 79.5 Å². The molecule has 0 saturated carbocycles. The molecule has 1 fully saturated rings. The van der Waals surface area contributed by atoms with Gasteiger partial charge in [0.15, 0.2) is 0 Å². The second kappa shape index (κ2) is 4.24. The van der Waals surface area contributed by atoms with Gasteiger partial charge in [-0.15, -0.1) is 0 Å². The highest BCUT2D eigenvalue weighted by Gasteiger charge is 2.13. The van der Waals surface area contributed by atoms with E-state index in [9.17, 15) is 0 Å². The van der Waals surface area contributed by atoms with Crippen molar-refractivity contribution in [2.45, 2.75) is 6.42 Å². The second-order valence-corrected chi connectivity index (χ2v) is 3.57. The van der Waals surface area contributed by atoms with E-state index in [1.807, 2.05) is 6.07 Å². The van der Waals surface area contributed by atoms with Gasteiger partial charge in [-0.05, 0) is 31.0 Å². The van der Waals surface area contributed by atoms with E-state index in [2.05, 4.69) is 41.7 Å². The molecule has 2 rings (SSSR count). The molecule has 1 heteroatoms. The van der Waals surface area contributed by atoms with Gasteiger partial charge in [-0.25, -0.2) is 0 Å². The van der Waals surface area contributed by atoms with Crippen LogP contribution in [0.5, 0.6) is 0 Å². The Balaban J connectivity index is 1.83. The first-order valence-electron chi connectivity index (χ1n) is 4.87. The van der Waals surface area contributed by atoms with Crippen LogP contribution in [0.3, 0.4) is 0 Å². The molecule has 1 aromatic rings. The molecule has 0 aromatic heterocycles. The van der Waals surface area contributed by atoms with E-state index in [0.29, 0.717) is 0 Å². The maximum Gasteiger partial charge on any atom is -0.000528 e. The molecule has 1 aliphatic rings. The average Bonchev–Trinajstić information content (AvgIpc) is 2.11. The van der Waals surface area contributed by atoms with Crippen LogP contribution in [0.1, 0.15) is 12.0 Å². The lowest BCUT2D eigenvalue weighted by molar-refractivity contribution is 0.352. The molecular weight excluding hydrogens is 158 g/mol. The summed E-state index contributed by atoms with van der Waals surface area (Å²) in [6.45, 7) is 2.39. The third kappa shape index (κ3) is 2.43. The van der Waals surface area contributed by atoms with Crippen molar-refractivity contribution in [3.05, 3.63) is 42.0 Å². The maximum atomic E-state index is 3.28. The van der Waals surface area contributed by atoms with Gasteiger partial charge in [0.1, 0.15) is 0 Å². The van der Waals surface area contributed by atoms with Crippen molar-refractivity contribution in [2.75, 3.05) is 13.1 Å². The Morgan fingerprint density at radius 1 is 1.23 bits per heavy atom. The van der Waals surface area contributed by atoms with Crippen LogP contribution >= 0.6 is 0 Å². The minimum atomic E-state index is 0.875. The predicted molar refractivity (Wildman–Crippen MR) is 56.5 cm³/mol. The molecule has 1 saturated heterocycles. The van der Waals surface area contributed by atoms with E-state index < -0.39 is 0 Å². The Bertz CT molecular complexity index is 272. The zero-order valence-corrected chi connectivity index (χ0v) is 7.74. The molecule has 1 nitrogen and oxygen atoms in total. The highest BCUT2D eigenvalue weighted by atomic mass is 14.9. The molecule has 68 valence electrons. The zero-order chi connectivity index (χ0) is 8.93. The summed E-state index contributed by atoms with van der Waals surface area (Å²) in [6.07, 6.45) is 5.70. The Hall–Kier alpha value is -1.08. The minimum absolute atomic E-state index is 0.875. The molecule has 0 bridgehead atoms. The van der Waals surface area contributed by atoms with Crippen LogP contribution < -0.4 is 5.32 Å². The number of benzene rings is 1. The first-order valence-corrected chi connectivity index (χ1v) is 4.87. The molecule has 1 heterocycles. The quantitative estimate of drug-likeness (QED) is 0.739. The number of nitrogens with one attached hydrogen (secondary N) is 1. The molecule has 1 aliphatic heterocycles. The third-order valence-corrected chi connectivity index (χ3v) is 2.45. The van der Waals surface area contributed by atoms with Gasteiger partial charge in [0.05, 0.1) is 0 Å². The van der Waals surface area contributed by atoms with Crippen LogP contribution in [0.25, 0.3) is 6.08 Å². The summed E-state index contributed by atoms with van der Waals surface area (Å²) in [5.74, 6) is 0.875. The highest BCUT2D eigenvalue weighted by Crippen LogP contribution is 2.10. The fourth-order valence-electron chi connectivity index (χ4n) is 1.48. The van der Waals surface area contributed by atoms with Gasteiger partial charge >= 0.3 is 0 Å². The normalized spacial score (nSPS) is 17.5. The smallest absolute Gasteiger partial charge is 0.000528 e. The monoisotopic (exact) mass is 173 g/mol. The van der Waals surface area contributed by atoms with Crippen LogP contribution in [0, 0.1) is 5.92 Å². The van der Waals surface area contributed by atoms with Crippen molar-refractivity contribution < 1.29 is 0 Å². The second-order valence-electron chi connectivity index (χ2n) is 3.57. The standard InChI is InChI=1S/C12H15N/c1-2-5-11(6-3-1)7-4-8-12-9-13-10-12/h1-7,12-13H,8-10H2/b7-4+. The molecule has 0 amide bonds. The summed E-state index contributed by atoms with van der Waals surface area (Å²) in [7, 11) is 0. The number of allylic oxidation sites excluding steroid dienone is 1. The van der Waals surface area contributed by atoms with Crippen molar-refractivity contribution >= 4 is 6.08 Å². The van der Waals surface area contributed by atoms with E-state index in [1.165, 1.54) is 25.1 Å². The molecule has 1 aromatic carbocycles. The van der Waals surface area contributed by atoms with Crippen LogP contribution in [-0.2, 0) is 0 Å². The van der Waals surface area contributed by atoms with Crippen LogP contribution in [0.15, 0.2) is 36.4 Å². The molecular formula is C12H15N. The van der Waals surface area contributed by atoms with E-state index in [4.69, 9.17) is 0 Å². The topological polar surface area (TPSA) is 12.0 Å². The average molecular weight is 173 g/mol. The highest BCUT2D eigenvalue weighted by molar-refractivity contribution is 5.48. The van der Waals surface area contributed by atoms with Crippen molar-refractivity contribution in [1.29, 1.82) is 0 Å². The molecule has 0 radical (unpaired) electrons. The SMILES string of the molecule is C(=C\c1ccccc1)/CC1CNC1. The number of hydrogen-bond acceptors (Lipinski definition) is 1. The van der Waals surface area contributed by atoms with Crippen molar-refractivity contribution in [2.24, 2.45) is 5.92 Å². The van der Waals surface area contributed by atoms with Crippen LogP contribution in [0.4, 0.5) is 0 Å². The Kier molecular flexibility index (Phi) is 2.78. The lowest BCUT2D eigenvalue weighted by Gasteiger charge is -2.25. The summed E-state index contributed by atoms with van der Waals surface area (Å²) in [4.78, 5) is 0. The van der Waals surface area contributed by atoms with Gasteiger partial charge in [0.25, 0.3) is 0 Å². The number of rotatable bonds is 3. The first-order chi connectivity index (χ1) is 6.45. The van der Waals surface area contributed by atoms with E-state index in [-0.39, 0.29) is 0 Å². The summed E-state index contributed by atoms with van der Waals surface area (Å²) >= 11 is 0. The third-order valence-electron chi connectivity index (χ3n) is 2.45. The van der Waals surface area contributed by atoms with Crippen molar-refractivity contribution in [1.82, 2.24) is 5.32 Å². The molecule has 0 spiro atoms. The van der Waals surface area contributed by atoms with Crippen LogP contribution in [-0.4, -0.2) is 13.1 Å². The molecule has 13 heavy (non-hydrogen) atoms. The lowest BCUT2D eigenvalue weighted by atomic mass is 9.99. The molecule has 0 atom stereocenters. The largest absolute Gasteiger partial charge is 0.316 e. The van der Waals surface area contributed by atoms with Gasteiger partial charge in [-0.3, -0.25) is 0 Å². The predicted octanol–water partition coefficient (Wildman–Crippen LogP) is 2.31. The van der Waals surface area contributed by atoms with E-state index in [0.717, 1.165) is 5.92 Å². The van der Waals surface area contributed by atoms with Crippen LogP contribution in [0.2, 0.25) is 0 Å². The van der Waals surface area contributed by atoms with Gasteiger partial charge in [0.2, 0.25) is 0 Å². The van der Waals surface area contributed by atoms with Gasteiger partial charge in [0, 0.05) is 0 Å². The maximum absolute atomic E-state index is 3.28. The summed E-state index contributed by atoms with van der Waals surface area (Å²) in [6, 6.07) is 10.5. The van der Waals surface area contributed by atoms with Crippen molar-refractivity contribution in [3.63, 3.8) is 0 Å². The molecule has 1 N–H and O–H groups in total. The van der Waals surface area contributed by atoms with Crippen molar-refractivity contribution in [3.8, 4) is 0 Å². The van der Waals surface area contributed by atoms with Gasteiger partial charge in [-0.1, -0.05) is 42.5 Å². The Morgan fingerprint density at radius 3 is 2.62 bits per heavy atom. The first kappa shape index (κ1) is 8.52. The van der Waals surface area contributed by atoms with Gasteiger partial charge in [-0.2, -0.15) is 0 Å². The summed E-state index contributed by atoms with van der Waals surface area (Å²) in [5, 5.41) is 3.28. The van der Waals surface area contributed by atoms with Gasteiger partial charge < -0.3 is 5.32 Å². The Morgan fingerprint density at radius 2 is 2.00 bits per heavy atom. The summed E-state index contributed by atoms with van der Waals surface area (Å²) in [5.41, 5.74) is 1.30. The molecule has 0 unspecified atom stereocenters. The van der Waals surface area contributed by atoms with E-state index in [1.54, 1.807) is 0 Å². The number of hydrogen-bond donors (Lipinski definition) is 1. The fourth-order valence-corrected chi connectivity index (χ4v) is 1.48. The molecule has 0 aliphatic carbocycles. The summed E-state index contributed by atoms with van der Waals surface area (Å²) < 4.78 is 0. The lowest BCUT2D eigenvalue weighted by Crippen LogP contribution is -2.41. The fraction of sp³-hybridized carbons (Fsp3) is 0.333. The minimum Gasteiger partial charge on any atom is -0.316 e.